The summed E-state index contributed by atoms with van der Waals surface area (Å²) in [7, 11) is 0. The molecule has 7 heteroatoms. The van der Waals surface area contributed by atoms with Crippen LogP contribution >= 0.6 is 0 Å². The van der Waals surface area contributed by atoms with E-state index >= 15 is 0 Å². The van der Waals surface area contributed by atoms with Gasteiger partial charge in [-0.2, -0.15) is 13.2 Å². The van der Waals surface area contributed by atoms with E-state index in [-0.39, 0.29) is 17.2 Å². The third-order valence-electron chi connectivity index (χ3n) is 3.25. The summed E-state index contributed by atoms with van der Waals surface area (Å²) in [5.74, 6) is -1.15. The minimum atomic E-state index is -4.42. The van der Waals surface area contributed by atoms with Crippen molar-refractivity contribution >= 4 is 23.5 Å². The van der Waals surface area contributed by atoms with Crippen LogP contribution in [0.3, 0.4) is 0 Å². The smallest absolute Gasteiger partial charge is 0.416 e. The van der Waals surface area contributed by atoms with E-state index in [1.54, 1.807) is 0 Å². The van der Waals surface area contributed by atoms with E-state index in [1.807, 2.05) is 0 Å². The Labute approximate surface area is 141 Å². The number of carbonyl (C=O) groups excluding carboxylic acids is 2. The predicted octanol–water partition coefficient (Wildman–Crippen LogP) is 4.27. The highest BCUT2D eigenvalue weighted by Gasteiger charge is 2.29. The van der Waals surface area contributed by atoms with Crippen molar-refractivity contribution in [2.75, 3.05) is 5.32 Å². The van der Waals surface area contributed by atoms with Gasteiger partial charge >= 0.3 is 6.18 Å². The summed E-state index contributed by atoms with van der Waals surface area (Å²) in [6.07, 6.45) is -1.95. The second-order valence-corrected chi connectivity index (χ2v) is 5.23. The molecule has 0 aromatic heterocycles. The Bertz CT molecular complexity index is 824. The topological polar surface area (TPSA) is 66.4 Å². The second-order valence-electron chi connectivity index (χ2n) is 5.23. The van der Waals surface area contributed by atoms with Crippen molar-refractivity contribution in [1.29, 1.82) is 0 Å². The Morgan fingerprint density at radius 3 is 2.28 bits per heavy atom. The van der Waals surface area contributed by atoms with E-state index in [0.717, 1.165) is 18.2 Å². The van der Waals surface area contributed by atoms with Gasteiger partial charge in [0.2, 0.25) is 5.91 Å². The standard InChI is InChI=1S/C18H14F3NO3/c1-11(23)22-14-7-9-17(25)15(10-14)16(24)8-4-12-2-5-13(6-3-12)18(19,20)21/h2-10,25H,1H3,(H,22,23)/b8-4+. The first-order valence-corrected chi connectivity index (χ1v) is 7.17. The molecule has 0 atom stereocenters. The lowest BCUT2D eigenvalue weighted by Crippen LogP contribution is -2.06. The zero-order valence-electron chi connectivity index (χ0n) is 13.1. The largest absolute Gasteiger partial charge is 0.507 e. The van der Waals surface area contributed by atoms with E-state index in [2.05, 4.69) is 5.32 Å². The van der Waals surface area contributed by atoms with Crippen LogP contribution in [0.5, 0.6) is 5.75 Å². The normalized spacial score (nSPS) is 11.5. The summed E-state index contributed by atoms with van der Waals surface area (Å²) in [4.78, 5) is 23.2. The Hall–Kier alpha value is -3.09. The molecule has 4 nitrogen and oxygen atoms in total. The van der Waals surface area contributed by atoms with Gasteiger partial charge in [-0.3, -0.25) is 9.59 Å². The van der Waals surface area contributed by atoms with Crippen molar-refractivity contribution in [3.05, 3.63) is 65.2 Å². The number of anilines is 1. The lowest BCUT2D eigenvalue weighted by Gasteiger charge is -2.06. The first-order chi connectivity index (χ1) is 11.7. The maximum Gasteiger partial charge on any atom is 0.416 e. The first-order valence-electron chi connectivity index (χ1n) is 7.17. The molecule has 0 spiro atoms. The number of aromatic hydroxyl groups is 1. The molecule has 0 aliphatic rings. The summed E-state index contributed by atoms with van der Waals surface area (Å²) < 4.78 is 37.5. The van der Waals surface area contributed by atoms with Gasteiger partial charge in [-0.25, -0.2) is 0 Å². The molecule has 0 saturated heterocycles. The van der Waals surface area contributed by atoms with Crippen LogP contribution in [-0.4, -0.2) is 16.8 Å². The number of phenols is 1. The molecule has 2 aromatic rings. The van der Waals surface area contributed by atoms with Crippen LogP contribution in [0.15, 0.2) is 48.5 Å². The Morgan fingerprint density at radius 2 is 1.72 bits per heavy atom. The summed E-state index contributed by atoms with van der Waals surface area (Å²) in [6, 6.07) is 8.33. The van der Waals surface area contributed by atoms with Crippen LogP contribution in [-0.2, 0) is 11.0 Å². The molecule has 0 unspecified atom stereocenters. The summed E-state index contributed by atoms with van der Waals surface area (Å²) >= 11 is 0. The molecule has 2 N–H and O–H groups in total. The quantitative estimate of drug-likeness (QED) is 0.492. The molecule has 0 radical (unpaired) electrons. The van der Waals surface area contributed by atoms with Crippen molar-refractivity contribution in [3.8, 4) is 5.75 Å². The minimum absolute atomic E-state index is 0.0330. The number of phenolic OH excluding ortho intramolecular Hbond substituents is 1. The molecule has 130 valence electrons. The summed E-state index contributed by atoms with van der Waals surface area (Å²) in [5.41, 5.74) is -0.0681. The molecule has 0 aliphatic heterocycles. The number of halogens is 3. The van der Waals surface area contributed by atoms with Crippen molar-refractivity contribution in [2.24, 2.45) is 0 Å². The zero-order valence-corrected chi connectivity index (χ0v) is 13.1. The van der Waals surface area contributed by atoms with Gasteiger partial charge in [0.1, 0.15) is 5.75 Å². The number of carbonyl (C=O) groups is 2. The van der Waals surface area contributed by atoms with Gasteiger partial charge in [0, 0.05) is 12.6 Å². The van der Waals surface area contributed by atoms with Crippen molar-refractivity contribution < 1.29 is 27.9 Å². The number of rotatable bonds is 4. The van der Waals surface area contributed by atoms with Gasteiger partial charge in [-0.1, -0.05) is 18.2 Å². The number of amides is 1. The highest BCUT2D eigenvalue weighted by Crippen LogP contribution is 2.29. The highest BCUT2D eigenvalue weighted by atomic mass is 19.4. The molecule has 0 saturated carbocycles. The molecule has 0 heterocycles. The molecule has 25 heavy (non-hydrogen) atoms. The first kappa shape index (κ1) is 18.3. The van der Waals surface area contributed by atoms with Crippen LogP contribution < -0.4 is 5.32 Å². The Morgan fingerprint density at radius 1 is 1.08 bits per heavy atom. The van der Waals surface area contributed by atoms with E-state index in [4.69, 9.17) is 0 Å². The van der Waals surface area contributed by atoms with Crippen molar-refractivity contribution in [3.63, 3.8) is 0 Å². The number of alkyl halides is 3. The van der Waals surface area contributed by atoms with Gasteiger partial charge in [0.25, 0.3) is 0 Å². The minimum Gasteiger partial charge on any atom is -0.507 e. The zero-order chi connectivity index (χ0) is 18.6. The molecular formula is C18H14F3NO3. The maximum absolute atomic E-state index is 12.5. The molecular weight excluding hydrogens is 335 g/mol. The third-order valence-corrected chi connectivity index (χ3v) is 3.25. The fraction of sp³-hybridized carbons (Fsp3) is 0.111. The van der Waals surface area contributed by atoms with Crippen LogP contribution in [0.4, 0.5) is 18.9 Å². The molecule has 0 fully saturated rings. The average Bonchev–Trinajstić information content (AvgIpc) is 2.53. The molecule has 0 aliphatic carbocycles. The fourth-order valence-corrected chi connectivity index (χ4v) is 2.06. The number of nitrogens with one attached hydrogen (secondary N) is 1. The second kappa shape index (κ2) is 7.21. The monoisotopic (exact) mass is 349 g/mol. The maximum atomic E-state index is 12.5. The molecule has 2 rings (SSSR count). The predicted molar refractivity (Wildman–Crippen MR) is 87.2 cm³/mol. The van der Waals surface area contributed by atoms with Crippen LogP contribution in [0, 0.1) is 0 Å². The number of allylic oxidation sites excluding steroid dienone is 1. The van der Waals surface area contributed by atoms with E-state index in [0.29, 0.717) is 11.3 Å². The van der Waals surface area contributed by atoms with Crippen LogP contribution in [0.25, 0.3) is 6.08 Å². The van der Waals surface area contributed by atoms with Gasteiger partial charge < -0.3 is 10.4 Å². The number of hydrogen-bond donors (Lipinski definition) is 2. The van der Waals surface area contributed by atoms with Crippen LogP contribution in [0.1, 0.15) is 28.4 Å². The Balaban J connectivity index is 2.18. The lowest BCUT2D eigenvalue weighted by atomic mass is 10.1. The SMILES string of the molecule is CC(=O)Nc1ccc(O)c(C(=O)/C=C/c2ccc(C(F)(F)F)cc2)c1. The van der Waals surface area contributed by atoms with Crippen molar-refractivity contribution in [1.82, 2.24) is 0 Å². The molecule has 1 amide bonds. The number of ketones is 1. The lowest BCUT2D eigenvalue weighted by molar-refractivity contribution is -0.137. The van der Waals surface area contributed by atoms with E-state index in [1.165, 1.54) is 43.3 Å². The molecule has 0 bridgehead atoms. The summed E-state index contributed by atoms with van der Waals surface area (Å²) in [5, 5.41) is 12.3. The highest BCUT2D eigenvalue weighted by molar-refractivity contribution is 6.09. The van der Waals surface area contributed by atoms with Gasteiger partial charge in [-0.15, -0.1) is 0 Å². The summed E-state index contributed by atoms with van der Waals surface area (Å²) in [6.45, 7) is 1.30. The third kappa shape index (κ3) is 4.94. The van der Waals surface area contributed by atoms with Crippen molar-refractivity contribution in [2.45, 2.75) is 13.1 Å². The van der Waals surface area contributed by atoms with E-state index < -0.39 is 17.5 Å². The Kier molecular flexibility index (Phi) is 5.26. The average molecular weight is 349 g/mol. The van der Waals surface area contributed by atoms with Gasteiger partial charge in [0.05, 0.1) is 11.1 Å². The molecule has 2 aromatic carbocycles. The number of benzene rings is 2. The fourth-order valence-electron chi connectivity index (χ4n) is 2.06. The van der Waals surface area contributed by atoms with Crippen LogP contribution in [0.2, 0.25) is 0 Å². The van der Waals surface area contributed by atoms with Gasteiger partial charge in [0.15, 0.2) is 5.78 Å². The van der Waals surface area contributed by atoms with Gasteiger partial charge in [-0.05, 0) is 42.0 Å². The number of hydrogen-bond acceptors (Lipinski definition) is 3. The van der Waals surface area contributed by atoms with E-state index in [9.17, 15) is 27.9 Å².